The minimum atomic E-state index is -3.47. The summed E-state index contributed by atoms with van der Waals surface area (Å²) in [6, 6.07) is 14.0. The molecule has 126 valence electrons. The lowest BCUT2D eigenvalue weighted by Gasteiger charge is -2.26. The van der Waals surface area contributed by atoms with Gasteiger partial charge in [-0.05, 0) is 73.9 Å². The van der Waals surface area contributed by atoms with Gasteiger partial charge in [0.05, 0.1) is 9.79 Å². The summed E-state index contributed by atoms with van der Waals surface area (Å²) in [6.45, 7) is 1.62. The summed E-state index contributed by atoms with van der Waals surface area (Å²) in [6.07, 6.45) is 4.47. The Morgan fingerprint density at radius 2 is 1.83 bits per heavy atom. The number of rotatable bonds is 5. The smallest absolute Gasteiger partial charge is 0.206 e. The lowest BCUT2D eigenvalue weighted by atomic mass is 9.80. The molecule has 0 bridgehead atoms. The predicted molar refractivity (Wildman–Crippen MR) is 93.9 cm³/mol. The van der Waals surface area contributed by atoms with E-state index in [9.17, 15) is 13.2 Å². The zero-order chi connectivity index (χ0) is 17.2. The third-order valence-corrected chi connectivity index (χ3v) is 6.53. The normalized spacial score (nSPS) is 17.3. The molecule has 1 atom stereocenters. The van der Waals surface area contributed by atoms with Gasteiger partial charge < -0.3 is 4.79 Å². The van der Waals surface area contributed by atoms with Crippen molar-refractivity contribution in [2.45, 2.75) is 54.7 Å². The number of hydrogen-bond acceptors (Lipinski definition) is 3. The maximum atomic E-state index is 12.8. The molecule has 0 unspecified atom stereocenters. The van der Waals surface area contributed by atoms with Crippen molar-refractivity contribution in [2.24, 2.45) is 0 Å². The van der Waals surface area contributed by atoms with Crippen LogP contribution in [0.15, 0.2) is 58.3 Å². The van der Waals surface area contributed by atoms with Crippen LogP contribution in [-0.4, -0.2) is 14.2 Å². The molecule has 0 saturated carbocycles. The van der Waals surface area contributed by atoms with Gasteiger partial charge in [-0.15, -0.1) is 0 Å². The Kier molecular flexibility index (Phi) is 4.86. The molecule has 4 heteroatoms. The Morgan fingerprint density at radius 1 is 1.08 bits per heavy atom. The van der Waals surface area contributed by atoms with Crippen LogP contribution in [0.4, 0.5) is 0 Å². The first kappa shape index (κ1) is 16.9. The van der Waals surface area contributed by atoms with Gasteiger partial charge in [0.2, 0.25) is 9.84 Å². The number of ketones is 1. The molecule has 0 N–H and O–H groups in total. The van der Waals surface area contributed by atoms with Crippen LogP contribution in [0.1, 0.15) is 49.7 Å². The van der Waals surface area contributed by atoms with Crippen LogP contribution >= 0.6 is 0 Å². The fourth-order valence-electron chi connectivity index (χ4n) is 3.47. The van der Waals surface area contributed by atoms with E-state index >= 15 is 0 Å². The summed E-state index contributed by atoms with van der Waals surface area (Å²) in [5.41, 5.74) is 2.33. The van der Waals surface area contributed by atoms with Crippen LogP contribution in [0.25, 0.3) is 0 Å². The van der Waals surface area contributed by atoms with Crippen LogP contribution in [0, 0.1) is 0 Å². The molecule has 0 fully saturated rings. The molecular formula is C20H22O3S. The van der Waals surface area contributed by atoms with Crippen LogP contribution < -0.4 is 0 Å². The first-order valence-electron chi connectivity index (χ1n) is 8.41. The lowest BCUT2D eigenvalue weighted by Crippen LogP contribution is -2.12. The first-order chi connectivity index (χ1) is 11.5. The van der Waals surface area contributed by atoms with Gasteiger partial charge in [-0.2, -0.15) is 0 Å². The molecule has 0 spiro atoms. The van der Waals surface area contributed by atoms with Gasteiger partial charge in [0.15, 0.2) is 0 Å². The Hall–Kier alpha value is -1.94. The summed E-state index contributed by atoms with van der Waals surface area (Å²) in [5, 5.41) is 0. The molecule has 0 aliphatic heterocycles. The largest absolute Gasteiger partial charge is 0.300 e. The Labute approximate surface area is 143 Å². The Balaban J connectivity index is 1.93. The average molecular weight is 342 g/mol. The van der Waals surface area contributed by atoms with E-state index in [1.165, 1.54) is 5.56 Å². The zero-order valence-corrected chi connectivity index (χ0v) is 14.7. The van der Waals surface area contributed by atoms with Crippen molar-refractivity contribution in [3.05, 3.63) is 59.7 Å². The topological polar surface area (TPSA) is 51.2 Å². The van der Waals surface area contributed by atoms with Gasteiger partial charge in [0.1, 0.15) is 5.78 Å². The van der Waals surface area contributed by atoms with E-state index < -0.39 is 9.84 Å². The number of hydrogen-bond donors (Lipinski definition) is 0. The highest BCUT2D eigenvalue weighted by Gasteiger charge is 2.24. The van der Waals surface area contributed by atoms with Gasteiger partial charge in [0.25, 0.3) is 0 Å². The summed E-state index contributed by atoms with van der Waals surface area (Å²) in [5.74, 6) is 0.580. The molecule has 0 aromatic heterocycles. The van der Waals surface area contributed by atoms with E-state index in [1.807, 2.05) is 18.2 Å². The molecule has 2 aromatic carbocycles. The predicted octanol–water partition coefficient (Wildman–Crippen LogP) is 4.31. The maximum Gasteiger partial charge on any atom is 0.206 e. The molecule has 1 aliphatic rings. The number of fused-ring (bicyclic) bond motifs is 1. The van der Waals surface area contributed by atoms with Crippen molar-refractivity contribution in [1.29, 1.82) is 0 Å². The molecule has 3 nitrogen and oxygen atoms in total. The second-order valence-electron chi connectivity index (χ2n) is 6.51. The number of Topliss-reactive ketones (excluding diaryl/α,β-unsaturated/α-hetero) is 1. The van der Waals surface area contributed by atoms with Gasteiger partial charge in [-0.1, -0.05) is 24.3 Å². The van der Waals surface area contributed by atoms with E-state index in [0.29, 0.717) is 22.1 Å². The van der Waals surface area contributed by atoms with E-state index in [-0.39, 0.29) is 5.78 Å². The molecule has 0 radical (unpaired) electrons. The number of benzene rings is 2. The van der Waals surface area contributed by atoms with E-state index in [4.69, 9.17) is 0 Å². The Morgan fingerprint density at radius 3 is 2.54 bits per heavy atom. The molecule has 0 heterocycles. The van der Waals surface area contributed by atoms with Gasteiger partial charge in [-0.25, -0.2) is 8.42 Å². The highest BCUT2D eigenvalue weighted by Crippen LogP contribution is 2.36. The Bertz CT molecular complexity index is 838. The summed E-state index contributed by atoms with van der Waals surface area (Å²) in [7, 11) is -3.47. The van der Waals surface area contributed by atoms with Crippen molar-refractivity contribution in [1.82, 2.24) is 0 Å². The monoisotopic (exact) mass is 342 g/mol. The minimum Gasteiger partial charge on any atom is -0.300 e. The highest BCUT2D eigenvalue weighted by molar-refractivity contribution is 7.91. The van der Waals surface area contributed by atoms with Crippen molar-refractivity contribution in [2.75, 3.05) is 0 Å². The van der Waals surface area contributed by atoms with Crippen molar-refractivity contribution >= 4 is 15.6 Å². The molecule has 2 aromatic rings. The van der Waals surface area contributed by atoms with Crippen LogP contribution in [0.3, 0.4) is 0 Å². The molecule has 1 aliphatic carbocycles. The standard InChI is InChI=1S/C20H22O3S/c1-15(21)10-11-16-6-5-7-17-14-19(12-13-20(16)17)24(22,23)18-8-3-2-4-9-18/h2-4,8-9,12-14,16H,5-7,10-11H2,1H3/t16-/m0/s1. The fourth-order valence-corrected chi connectivity index (χ4v) is 4.80. The summed E-state index contributed by atoms with van der Waals surface area (Å²) >= 11 is 0. The second-order valence-corrected chi connectivity index (χ2v) is 8.46. The van der Waals surface area contributed by atoms with Gasteiger partial charge >= 0.3 is 0 Å². The highest BCUT2D eigenvalue weighted by atomic mass is 32.2. The quantitative estimate of drug-likeness (QED) is 0.813. The van der Waals surface area contributed by atoms with Crippen molar-refractivity contribution < 1.29 is 13.2 Å². The first-order valence-corrected chi connectivity index (χ1v) is 9.89. The van der Waals surface area contributed by atoms with Crippen LogP contribution in [-0.2, 0) is 21.1 Å². The van der Waals surface area contributed by atoms with Gasteiger partial charge in [0, 0.05) is 6.42 Å². The van der Waals surface area contributed by atoms with E-state index in [0.717, 1.165) is 31.2 Å². The van der Waals surface area contributed by atoms with Crippen LogP contribution in [0.2, 0.25) is 0 Å². The zero-order valence-electron chi connectivity index (χ0n) is 13.9. The number of sulfone groups is 1. The second kappa shape index (κ2) is 6.89. The van der Waals surface area contributed by atoms with Crippen molar-refractivity contribution in [3.63, 3.8) is 0 Å². The molecule has 0 saturated heterocycles. The number of carbonyl (C=O) groups excluding carboxylic acids is 1. The molecule has 24 heavy (non-hydrogen) atoms. The maximum absolute atomic E-state index is 12.8. The molecule has 0 amide bonds. The summed E-state index contributed by atoms with van der Waals surface area (Å²) in [4.78, 5) is 12.0. The van der Waals surface area contributed by atoms with Gasteiger partial charge in [-0.3, -0.25) is 0 Å². The van der Waals surface area contributed by atoms with Crippen LogP contribution in [0.5, 0.6) is 0 Å². The number of carbonyl (C=O) groups is 1. The SMILES string of the molecule is CC(=O)CC[C@@H]1CCCc2cc(S(=O)(=O)c3ccccc3)ccc21. The van der Waals surface area contributed by atoms with E-state index in [2.05, 4.69) is 0 Å². The third-order valence-electron chi connectivity index (χ3n) is 4.76. The van der Waals surface area contributed by atoms with Crippen molar-refractivity contribution in [3.8, 4) is 0 Å². The molecule has 3 rings (SSSR count). The lowest BCUT2D eigenvalue weighted by molar-refractivity contribution is -0.117. The number of aryl methyl sites for hydroxylation is 1. The summed E-state index contributed by atoms with van der Waals surface area (Å²) < 4.78 is 25.5. The minimum absolute atomic E-state index is 0.213. The fraction of sp³-hybridized carbons (Fsp3) is 0.350. The van der Waals surface area contributed by atoms with E-state index in [1.54, 1.807) is 37.3 Å². The average Bonchev–Trinajstić information content (AvgIpc) is 2.60. The third kappa shape index (κ3) is 3.44. The molecular weight excluding hydrogens is 320 g/mol.